The SMILES string of the molecule is CCCCC(C)c1ccc(Br)cc1. The van der Waals surface area contributed by atoms with E-state index in [1.54, 1.807) is 0 Å². The molecule has 1 aromatic rings. The van der Waals surface area contributed by atoms with Gasteiger partial charge in [-0.25, -0.2) is 0 Å². The summed E-state index contributed by atoms with van der Waals surface area (Å²) >= 11 is 3.45. The Labute approximate surface area is 89.5 Å². The molecule has 0 fully saturated rings. The number of unbranched alkanes of at least 4 members (excludes halogenated alkanes) is 1. The molecular weight excluding hydrogens is 224 g/mol. The molecule has 72 valence electrons. The fraction of sp³-hybridized carbons (Fsp3) is 0.500. The summed E-state index contributed by atoms with van der Waals surface area (Å²) in [6.45, 7) is 4.55. The third kappa shape index (κ3) is 3.51. The number of benzene rings is 1. The molecule has 0 aliphatic rings. The lowest BCUT2D eigenvalue weighted by atomic mass is 9.96. The minimum Gasteiger partial charge on any atom is -0.0654 e. The van der Waals surface area contributed by atoms with Crippen LogP contribution in [0.25, 0.3) is 0 Å². The third-order valence-electron chi connectivity index (χ3n) is 2.43. The Bertz CT molecular complexity index is 238. The Balaban J connectivity index is 2.55. The first-order valence-electron chi connectivity index (χ1n) is 4.99. The highest BCUT2D eigenvalue weighted by atomic mass is 79.9. The molecule has 1 rings (SSSR count). The molecule has 0 bridgehead atoms. The molecule has 0 aliphatic heterocycles. The van der Waals surface area contributed by atoms with Crippen molar-refractivity contribution in [3.05, 3.63) is 34.3 Å². The maximum absolute atomic E-state index is 3.45. The van der Waals surface area contributed by atoms with Crippen molar-refractivity contribution in [2.45, 2.75) is 39.0 Å². The second kappa shape index (κ2) is 5.43. The largest absolute Gasteiger partial charge is 0.0654 e. The van der Waals surface area contributed by atoms with Gasteiger partial charge in [0.2, 0.25) is 0 Å². The van der Waals surface area contributed by atoms with Gasteiger partial charge in [0.1, 0.15) is 0 Å². The summed E-state index contributed by atoms with van der Waals surface area (Å²) in [6, 6.07) is 8.67. The fourth-order valence-electron chi connectivity index (χ4n) is 1.47. The van der Waals surface area contributed by atoms with Gasteiger partial charge in [-0.1, -0.05) is 54.8 Å². The Morgan fingerprint density at radius 3 is 2.38 bits per heavy atom. The van der Waals surface area contributed by atoms with Crippen LogP contribution < -0.4 is 0 Å². The van der Waals surface area contributed by atoms with Crippen molar-refractivity contribution < 1.29 is 0 Å². The fourth-order valence-corrected chi connectivity index (χ4v) is 1.73. The minimum atomic E-state index is 0.702. The van der Waals surface area contributed by atoms with Crippen molar-refractivity contribution in [2.75, 3.05) is 0 Å². The molecule has 0 N–H and O–H groups in total. The number of halogens is 1. The van der Waals surface area contributed by atoms with Crippen LogP contribution >= 0.6 is 15.9 Å². The van der Waals surface area contributed by atoms with Crippen molar-refractivity contribution in [3.63, 3.8) is 0 Å². The smallest absolute Gasteiger partial charge is 0.0175 e. The molecule has 0 saturated heterocycles. The van der Waals surface area contributed by atoms with E-state index in [9.17, 15) is 0 Å². The van der Waals surface area contributed by atoms with Crippen molar-refractivity contribution in [3.8, 4) is 0 Å². The maximum Gasteiger partial charge on any atom is 0.0175 e. The molecule has 0 spiro atoms. The normalized spacial score (nSPS) is 12.8. The first-order valence-corrected chi connectivity index (χ1v) is 5.78. The molecule has 0 radical (unpaired) electrons. The van der Waals surface area contributed by atoms with Crippen LogP contribution in [0.15, 0.2) is 28.7 Å². The quantitative estimate of drug-likeness (QED) is 0.714. The number of hydrogen-bond acceptors (Lipinski definition) is 0. The summed E-state index contributed by atoms with van der Waals surface area (Å²) < 4.78 is 1.17. The predicted octanol–water partition coefficient (Wildman–Crippen LogP) is 4.74. The standard InChI is InChI=1S/C12H17Br/c1-3-4-5-10(2)11-6-8-12(13)9-7-11/h6-10H,3-5H2,1-2H3. The second-order valence-electron chi connectivity index (χ2n) is 3.59. The molecule has 1 atom stereocenters. The molecule has 1 unspecified atom stereocenters. The van der Waals surface area contributed by atoms with Gasteiger partial charge in [0, 0.05) is 4.47 Å². The van der Waals surface area contributed by atoms with Gasteiger partial charge < -0.3 is 0 Å². The zero-order valence-electron chi connectivity index (χ0n) is 8.39. The molecule has 1 aromatic carbocycles. The van der Waals surface area contributed by atoms with Crippen LogP contribution in [-0.4, -0.2) is 0 Å². The van der Waals surface area contributed by atoms with E-state index in [1.165, 1.54) is 29.3 Å². The highest BCUT2D eigenvalue weighted by Crippen LogP contribution is 2.22. The lowest BCUT2D eigenvalue weighted by Gasteiger charge is -2.10. The van der Waals surface area contributed by atoms with Crippen LogP contribution in [0.2, 0.25) is 0 Å². The summed E-state index contributed by atoms with van der Waals surface area (Å²) in [5.74, 6) is 0.702. The predicted molar refractivity (Wildman–Crippen MR) is 62.1 cm³/mol. The van der Waals surface area contributed by atoms with Gasteiger partial charge in [-0.15, -0.1) is 0 Å². The van der Waals surface area contributed by atoms with E-state index in [-0.39, 0.29) is 0 Å². The molecule has 0 saturated carbocycles. The molecule has 0 aliphatic carbocycles. The van der Waals surface area contributed by atoms with Crippen LogP contribution in [0.5, 0.6) is 0 Å². The number of hydrogen-bond donors (Lipinski definition) is 0. The van der Waals surface area contributed by atoms with Gasteiger partial charge >= 0.3 is 0 Å². The van der Waals surface area contributed by atoms with Crippen LogP contribution in [0.3, 0.4) is 0 Å². The summed E-state index contributed by atoms with van der Waals surface area (Å²) in [4.78, 5) is 0. The lowest BCUT2D eigenvalue weighted by Crippen LogP contribution is -1.92. The lowest BCUT2D eigenvalue weighted by molar-refractivity contribution is 0.624. The van der Waals surface area contributed by atoms with Crippen LogP contribution in [0.4, 0.5) is 0 Å². The molecule has 13 heavy (non-hydrogen) atoms. The molecule has 0 aromatic heterocycles. The molecule has 1 heteroatoms. The van der Waals surface area contributed by atoms with Gasteiger partial charge in [0.05, 0.1) is 0 Å². The van der Waals surface area contributed by atoms with E-state index < -0.39 is 0 Å². The van der Waals surface area contributed by atoms with E-state index in [4.69, 9.17) is 0 Å². The molecular formula is C12H17Br. The summed E-state index contributed by atoms with van der Waals surface area (Å²) in [6.07, 6.45) is 3.93. The van der Waals surface area contributed by atoms with Gasteiger partial charge in [0.25, 0.3) is 0 Å². The summed E-state index contributed by atoms with van der Waals surface area (Å²) in [5.41, 5.74) is 1.46. The average molecular weight is 241 g/mol. The Morgan fingerprint density at radius 1 is 1.23 bits per heavy atom. The Kier molecular flexibility index (Phi) is 4.51. The van der Waals surface area contributed by atoms with Crippen LogP contribution in [-0.2, 0) is 0 Å². The topological polar surface area (TPSA) is 0 Å². The average Bonchev–Trinajstić information content (AvgIpc) is 2.15. The monoisotopic (exact) mass is 240 g/mol. The van der Waals surface area contributed by atoms with Crippen molar-refractivity contribution in [1.29, 1.82) is 0 Å². The Hall–Kier alpha value is -0.300. The molecule has 0 nitrogen and oxygen atoms in total. The second-order valence-corrected chi connectivity index (χ2v) is 4.51. The van der Waals surface area contributed by atoms with E-state index >= 15 is 0 Å². The highest BCUT2D eigenvalue weighted by Gasteiger charge is 2.03. The van der Waals surface area contributed by atoms with E-state index in [0.717, 1.165) is 0 Å². The van der Waals surface area contributed by atoms with Crippen molar-refractivity contribution in [1.82, 2.24) is 0 Å². The first kappa shape index (κ1) is 10.8. The van der Waals surface area contributed by atoms with Gasteiger partial charge in [-0.05, 0) is 30.0 Å². The van der Waals surface area contributed by atoms with Crippen molar-refractivity contribution >= 4 is 15.9 Å². The van der Waals surface area contributed by atoms with Gasteiger partial charge in [-0.2, -0.15) is 0 Å². The zero-order valence-corrected chi connectivity index (χ0v) is 9.97. The minimum absolute atomic E-state index is 0.702. The summed E-state index contributed by atoms with van der Waals surface area (Å²) in [7, 11) is 0. The third-order valence-corrected chi connectivity index (χ3v) is 2.96. The summed E-state index contributed by atoms with van der Waals surface area (Å²) in [5, 5.41) is 0. The van der Waals surface area contributed by atoms with Crippen molar-refractivity contribution in [2.24, 2.45) is 0 Å². The zero-order chi connectivity index (χ0) is 9.68. The molecule has 0 heterocycles. The highest BCUT2D eigenvalue weighted by molar-refractivity contribution is 9.10. The molecule has 0 amide bonds. The van der Waals surface area contributed by atoms with E-state index in [1.807, 2.05) is 0 Å². The van der Waals surface area contributed by atoms with Crippen LogP contribution in [0, 0.1) is 0 Å². The van der Waals surface area contributed by atoms with E-state index in [2.05, 4.69) is 54.0 Å². The maximum atomic E-state index is 3.45. The van der Waals surface area contributed by atoms with Crippen LogP contribution in [0.1, 0.15) is 44.6 Å². The van der Waals surface area contributed by atoms with Gasteiger partial charge in [0.15, 0.2) is 0 Å². The number of rotatable bonds is 4. The Morgan fingerprint density at radius 2 is 1.85 bits per heavy atom. The van der Waals surface area contributed by atoms with E-state index in [0.29, 0.717) is 5.92 Å². The van der Waals surface area contributed by atoms with Gasteiger partial charge in [-0.3, -0.25) is 0 Å². The first-order chi connectivity index (χ1) is 6.24.